The van der Waals surface area contributed by atoms with E-state index in [4.69, 9.17) is 47.4 Å². The minimum absolute atomic E-state index is 0.395. The highest BCUT2D eigenvalue weighted by molar-refractivity contribution is 5.85. The summed E-state index contributed by atoms with van der Waals surface area (Å²) in [7, 11) is 8.55. The maximum atomic E-state index is 6.97. The number of ether oxygens (including phenoxy) is 10. The molecule has 0 aromatic heterocycles. The normalized spacial score (nSPS) is 13.2. The molecule has 0 aliphatic carbocycles. The van der Waals surface area contributed by atoms with Crippen LogP contribution in [0.25, 0.3) is 60.8 Å². The van der Waals surface area contributed by atoms with Crippen molar-refractivity contribution in [2.75, 3.05) is 68.6 Å². The fourth-order valence-electron chi connectivity index (χ4n) is 12.1. The summed E-state index contributed by atoms with van der Waals surface area (Å²) in [5.74, 6) is 9.52. The average molecular weight is 1330 g/mol. The van der Waals surface area contributed by atoms with Gasteiger partial charge in [-0.15, -0.1) is 0 Å². The van der Waals surface area contributed by atoms with Crippen LogP contribution < -0.4 is 47.4 Å². The third-order valence-corrected chi connectivity index (χ3v) is 19.1. The van der Waals surface area contributed by atoms with Crippen molar-refractivity contribution < 1.29 is 47.4 Å². The number of benzene rings is 5. The Labute approximate surface area is 587 Å². The summed E-state index contributed by atoms with van der Waals surface area (Å²) in [6, 6.07) is 20.6. The third kappa shape index (κ3) is 25.4. The van der Waals surface area contributed by atoms with Crippen LogP contribution in [-0.4, -0.2) is 68.6 Å². The quantitative estimate of drug-likeness (QED) is 0.0351. The van der Waals surface area contributed by atoms with Gasteiger partial charge in [0.05, 0.1) is 68.6 Å². The Morgan fingerprint density at radius 1 is 0.247 bits per heavy atom. The lowest BCUT2D eigenvalue weighted by Crippen LogP contribution is -2.12. The van der Waals surface area contributed by atoms with Crippen molar-refractivity contribution in [1.29, 1.82) is 0 Å². The molecule has 0 saturated heterocycles. The van der Waals surface area contributed by atoms with E-state index in [1.807, 2.05) is 30.4 Å². The van der Waals surface area contributed by atoms with Crippen LogP contribution in [0.15, 0.2) is 73.8 Å². The second kappa shape index (κ2) is 45.2. The van der Waals surface area contributed by atoms with Gasteiger partial charge in [-0.25, -0.2) is 0 Å². The monoisotopic (exact) mass is 1330 g/mol. The summed E-state index contributed by atoms with van der Waals surface area (Å²) in [5, 5.41) is 0. The largest absolute Gasteiger partial charge is 0.496 e. The molecule has 0 fully saturated rings. The van der Waals surface area contributed by atoms with Gasteiger partial charge in [0.25, 0.3) is 0 Å². The molecule has 5 rings (SSSR count). The van der Waals surface area contributed by atoms with Crippen molar-refractivity contribution in [3.8, 4) is 57.5 Å². The molecule has 5 aromatic carbocycles. The average Bonchev–Trinajstić information content (AvgIpc) is 1.33. The van der Waals surface area contributed by atoms with Crippen LogP contribution in [-0.2, 0) is 0 Å². The summed E-state index contributed by atoms with van der Waals surface area (Å²) in [6.07, 6.45) is 42.7. The lowest BCUT2D eigenvalue weighted by atomic mass is 9.99. The van der Waals surface area contributed by atoms with Gasteiger partial charge in [-0.05, 0) is 122 Å². The van der Waals surface area contributed by atoms with Crippen LogP contribution in [0.3, 0.4) is 0 Å². The second-order valence-corrected chi connectivity index (χ2v) is 26.0. The van der Waals surface area contributed by atoms with Crippen LogP contribution in [0.2, 0.25) is 0 Å². The van der Waals surface area contributed by atoms with Crippen molar-refractivity contribution >= 4 is 60.8 Å². The van der Waals surface area contributed by atoms with Gasteiger partial charge < -0.3 is 47.4 Å². The van der Waals surface area contributed by atoms with Gasteiger partial charge in [-0.2, -0.15) is 0 Å². The molecule has 5 atom stereocenters. The molecule has 532 valence electrons. The molecule has 5 unspecified atom stereocenters. The highest BCUT2D eigenvalue weighted by Crippen LogP contribution is 2.40. The number of methoxy groups -OCH3 is 5. The van der Waals surface area contributed by atoms with Gasteiger partial charge in [0.2, 0.25) is 0 Å². The summed E-state index contributed by atoms with van der Waals surface area (Å²) < 4.78 is 64.6. The van der Waals surface area contributed by atoms with Gasteiger partial charge in [0, 0.05) is 55.6 Å². The molecular weight excluding hydrogens is 1200 g/mol. The first-order valence-electron chi connectivity index (χ1n) is 37.0. The zero-order valence-electron chi connectivity index (χ0n) is 62.6. The Bertz CT molecular complexity index is 3260. The predicted octanol–water partition coefficient (Wildman–Crippen LogP) is 24.7. The first-order valence-corrected chi connectivity index (χ1v) is 37.0. The SMILES string of the molecule is C=Cc1cc(OCC(CC)CCCC)c(/C=C/c2cc(OCC(CC)CCCC)c(/C=C/c3cc(OCC(CC)CCCC)c(/C=C/c4cc(OCC(CC)CCCC)c(/C=C/c5cc(OCC(CC)CCCC)c(C=C)cc5OC)cc4OC)cc3OC)cc2OC)cc1OC. The number of unbranched alkanes of at least 4 members (excludes halogenated alkanes) is 5. The van der Waals surface area contributed by atoms with Crippen LogP contribution in [0, 0.1) is 29.6 Å². The second-order valence-electron chi connectivity index (χ2n) is 26.0. The van der Waals surface area contributed by atoms with Gasteiger partial charge in [0.15, 0.2) is 0 Å². The fraction of sp³-hybridized carbons (Fsp3) is 0.517. The van der Waals surface area contributed by atoms with Gasteiger partial charge in [-0.1, -0.05) is 239 Å². The summed E-state index contributed by atoms with van der Waals surface area (Å²) in [4.78, 5) is 0. The highest BCUT2D eigenvalue weighted by atomic mass is 16.5. The van der Waals surface area contributed by atoms with Gasteiger partial charge in [0.1, 0.15) is 57.5 Å². The Morgan fingerprint density at radius 2 is 0.402 bits per heavy atom. The number of hydrogen-bond donors (Lipinski definition) is 0. The van der Waals surface area contributed by atoms with E-state index in [1.165, 1.54) is 19.3 Å². The first-order chi connectivity index (χ1) is 47.3. The molecule has 0 saturated carbocycles. The van der Waals surface area contributed by atoms with E-state index in [9.17, 15) is 0 Å². The molecule has 10 nitrogen and oxygen atoms in total. The zero-order valence-corrected chi connectivity index (χ0v) is 62.6. The predicted molar refractivity (Wildman–Crippen MR) is 415 cm³/mol. The molecule has 0 spiro atoms. The first kappa shape index (κ1) is 80.2. The van der Waals surface area contributed by atoms with E-state index in [1.54, 1.807) is 35.5 Å². The Morgan fingerprint density at radius 3 is 0.588 bits per heavy atom. The van der Waals surface area contributed by atoms with Crippen LogP contribution in [0.5, 0.6) is 57.5 Å². The summed E-state index contributed by atoms with van der Waals surface area (Å²) in [6.45, 7) is 33.7. The highest BCUT2D eigenvalue weighted by Gasteiger charge is 2.20. The molecule has 0 N–H and O–H groups in total. The van der Waals surface area contributed by atoms with E-state index in [-0.39, 0.29) is 0 Å². The van der Waals surface area contributed by atoms with Crippen molar-refractivity contribution in [3.05, 3.63) is 129 Å². The smallest absolute Gasteiger partial charge is 0.127 e. The molecule has 0 aliphatic heterocycles. The van der Waals surface area contributed by atoms with Crippen molar-refractivity contribution in [2.24, 2.45) is 29.6 Å². The summed E-state index contributed by atoms with van der Waals surface area (Å²) in [5.41, 5.74) is 8.77. The Balaban J connectivity index is 1.65. The molecule has 0 radical (unpaired) electrons. The molecule has 0 amide bonds. The zero-order chi connectivity index (χ0) is 70.3. The van der Waals surface area contributed by atoms with E-state index in [0.29, 0.717) is 79.9 Å². The molecule has 0 aliphatic rings. The lowest BCUT2D eigenvalue weighted by molar-refractivity contribution is 0.232. The molecule has 0 bridgehead atoms. The summed E-state index contributed by atoms with van der Waals surface area (Å²) >= 11 is 0. The molecule has 5 aromatic rings. The van der Waals surface area contributed by atoms with Crippen LogP contribution in [0.1, 0.15) is 253 Å². The number of hydrogen-bond acceptors (Lipinski definition) is 10. The van der Waals surface area contributed by atoms with E-state index >= 15 is 0 Å². The van der Waals surface area contributed by atoms with Crippen LogP contribution >= 0.6 is 0 Å². The maximum absolute atomic E-state index is 6.97. The van der Waals surface area contributed by atoms with Gasteiger partial charge in [-0.3, -0.25) is 0 Å². The molecular formula is C87H124O10. The van der Waals surface area contributed by atoms with E-state index < -0.39 is 0 Å². The fourth-order valence-corrected chi connectivity index (χ4v) is 12.1. The van der Waals surface area contributed by atoms with E-state index in [0.717, 1.165) is 205 Å². The third-order valence-electron chi connectivity index (χ3n) is 19.1. The van der Waals surface area contributed by atoms with Crippen molar-refractivity contribution in [2.45, 2.75) is 198 Å². The molecule has 10 heteroatoms. The Kier molecular flexibility index (Phi) is 37.4. The molecule has 0 heterocycles. The lowest BCUT2D eigenvalue weighted by Gasteiger charge is -2.20. The maximum Gasteiger partial charge on any atom is 0.127 e. The van der Waals surface area contributed by atoms with Gasteiger partial charge >= 0.3 is 0 Å². The van der Waals surface area contributed by atoms with Crippen molar-refractivity contribution in [3.63, 3.8) is 0 Å². The van der Waals surface area contributed by atoms with Crippen LogP contribution in [0.4, 0.5) is 0 Å². The minimum Gasteiger partial charge on any atom is -0.496 e. The number of rotatable bonds is 50. The van der Waals surface area contributed by atoms with E-state index in [2.05, 4.69) is 173 Å². The van der Waals surface area contributed by atoms with Crippen molar-refractivity contribution in [1.82, 2.24) is 0 Å². The Hall–Kier alpha value is -7.46. The molecule has 97 heavy (non-hydrogen) atoms. The minimum atomic E-state index is 0.395. The standard InChI is InChI=1S/C87H124O10/c1-18-30-35-63(23-6)58-93-83-54-70(79(89-14)48-69(83)29-12)40-45-75-51-81(91-16)72(56-85(75)95-60-65(25-8)37-32-20-3)42-47-77-53-82(92-17)73(57-87(77)97-62-67(27-10)39-34-22-5)43-46-76-52-80(90-15)71(55-86(76)96-61-66(26-9)38-33-21-4)41-44-74-50-78(88-13)68(28-11)49-84(74)94-59-64(24-7)36-31-19-2/h28-29,40-57,63-67H,11-12,18-27,30-39,58-62H2,1-10,13-17H3/b44-41+,45-40+,46-43+,47-42+. The topological polar surface area (TPSA) is 92.3 Å².